The van der Waals surface area contributed by atoms with E-state index in [4.69, 9.17) is 19.7 Å². The summed E-state index contributed by atoms with van der Waals surface area (Å²) in [6.07, 6.45) is 3.46. The van der Waals surface area contributed by atoms with Gasteiger partial charge in [-0.05, 0) is 93.0 Å². The summed E-state index contributed by atoms with van der Waals surface area (Å²) in [5.74, 6) is -0.190. The molecule has 0 radical (unpaired) electrons. The lowest BCUT2D eigenvalue weighted by atomic mass is 9.89. The molecule has 19 heteroatoms. The lowest BCUT2D eigenvalue weighted by Gasteiger charge is -2.48. The average Bonchev–Trinajstić information content (AvgIpc) is 4.14. The number of phenols is 1. The highest BCUT2D eigenvalue weighted by Gasteiger charge is 2.44. The van der Waals surface area contributed by atoms with E-state index in [0.29, 0.717) is 35.3 Å². The highest BCUT2D eigenvalue weighted by atomic mass is 32.1. The first-order chi connectivity index (χ1) is 34.8. The number of piperidine rings is 1. The molecule has 386 valence electrons. The monoisotopic (exact) mass is 1010 g/mol. The van der Waals surface area contributed by atoms with Crippen LogP contribution in [0.1, 0.15) is 81.9 Å². The van der Waals surface area contributed by atoms with E-state index < -0.39 is 18.1 Å². The molecule has 0 unspecified atom stereocenters. The Kier molecular flexibility index (Phi) is 16.4. The fraction of sp³-hybridized carbons (Fsp3) is 0.547. The highest BCUT2D eigenvalue weighted by Crippen LogP contribution is 2.37. The summed E-state index contributed by atoms with van der Waals surface area (Å²) in [6, 6.07) is 17.7. The number of nitrogens with zero attached hydrogens (tertiary/aromatic N) is 9. The van der Waals surface area contributed by atoms with Crippen molar-refractivity contribution in [2.45, 2.75) is 89.5 Å². The molecule has 7 heterocycles. The number of amides is 2. The van der Waals surface area contributed by atoms with Crippen molar-refractivity contribution in [2.75, 3.05) is 102 Å². The second-order valence-corrected chi connectivity index (χ2v) is 21.2. The fourth-order valence-electron chi connectivity index (χ4n) is 10.8. The van der Waals surface area contributed by atoms with Gasteiger partial charge in [0.1, 0.15) is 24.3 Å². The molecule has 9 rings (SSSR count). The molecule has 4 atom stereocenters. The topological polar surface area (TPSA) is 212 Å². The maximum atomic E-state index is 14.2. The molecule has 3 aromatic heterocycles. The van der Waals surface area contributed by atoms with Gasteiger partial charge in [0.05, 0.1) is 51.8 Å². The van der Waals surface area contributed by atoms with Crippen LogP contribution in [0.15, 0.2) is 70.7 Å². The Morgan fingerprint density at radius 2 is 1.65 bits per heavy atom. The zero-order chi connectivity index (χ0) is 50.4. The van der Waals surface area contributed by atoms with Crippen molar-refractivity contribution in [3.8, 4) is 33.3 Å². The van der Waals surface area contributed by atoms with E-state index in [1.165, 1.54) is 4.90 Å². The van der Waals surface area contributed by atoms with Crippen LogP contribution in [0.2, 0.25) is 0 Å². The molecule has 4 aliphatic rings. The maximum Gasteiger partial charge on any atom is 0.254 e. The number of carbonyl (C=O) groups excluding carboxylic acids is 2. The smallest absolute Gasteiger partial charge is 0.254 e. The predicted octanol–water partition coefficient (Wildman–Crippen LogP) is 5.58. The van der Waals surface area contributed by atoms with Gasteiger partial charge in [-0.1, -0.05) is 50.2 Å². The Morgan fingerprint density at radius 1 is 0.931 bits per heavy atom. The van der Waals surface area contributed by atoms with Crippen molar-refractivity contribution in [3.63, 3.8) is 0 Å². The molecule has 4 fully saturated rings. The molecule has 0 bridgehead atoms. The Labute approximate surface area is 426 Å². The number of likely N-dealkylation sites (tertiary alicyclic amines) is 1. The number of aryl methyl sites for hydroxylation is 1. The van der Waals surface area contributed by atoms with Crippen LogP contribution < -0.4 is 20.7 Å². The normalized spacial score (nSPS) is 20.8. The molecule has 1 spiro atoms. The fourth-order valence-corrected chi connectivity index (χ4v) is 11.6. The van der Waals surface area contributed by atoms with E-state index >= 15 is 0 Å². The number of aliphatic hydroxyl groups is 1. The standard InChI is InChI=1S/C53H71N11O7S/c1-35(2)48(52(68)64-32-40(65)29-44(64)51(67)56-36(3)38-11-13-39(14-12-38)49-37(4)55-34-72-49)46-31-47(59-71-46)69-27-25-61-23-21-60(22-24-61)17-7-8-18-62-26-28-70-53(33-62)15-19-63(20-16-53)43-30-42(57-58-50(43)54)41-9-5-6-10-45(41)66/h5-6,9-14,30-31,34-36,40,44,48,65-66H,7-8,15-29,32-33H2,1-4H3,(H2,54,58)(H,56,67)/t36-,40+,44-,48+/m0/s1. The third kappa shape index (κ3) is 12.0. The van der Waals surface area contributed by atoms with Crippen molar-refractivity contribution in [1.82, 2.24) is 45.3 Å². The first-order valence-electron chi connectivity index (χ1n) is 25.7. The number of rotatable bonds is 18. The van der Waals surface area contributed by atoms with Crippen LogP contribution in [-0.4, -0.2) is 171 Å². The molecule has 4 saturated heterocycles. The van der Waals surface area contributed by atoms with Crippen molar-refractivity contribution in [2.24, 2.45) is 5.92 Å². The van der Waals surface area contributed by atoms with Gasteiger partial charge in [0.2, 0.25) is 11.8 Å². The summed E-state index contributed by atoms with van der Waals surface area (Å²) in [4.78, 5) is 44.7. The number of aromatic nitrogens is 4. The van der Waals surface area contributed by atoms with Crippen LogP contribution in [0.4, 0.5) is 11.5 Å². The largest absolute Gasteiger partial charge is 0.507 e. The van der Waals surface area contributed by atoms with Crippen molar-refractivity contribution in [1.29, 1.82) is 0 Å². The van der Waals surface area contributed by atoms with Gasteiger partial charge in [-0.15, -0.1) is 21.5 Å². The zero-order valence-corrected chi connectivity index (χ0v) is 42.9. The number of nitrogens with two attached hydrogens (primary N) is 1. The molecule has 18 nitrogen and oxygen atoms in total. The summed E-state index contributed by atoms with van der Waals surface area (Å²) in [7, 11) is 0. The van der Waals surface area contributed by atoms with Crippen LogP contribution in [0.3, 0.4) is 0 Å². The van der Waals surface area contributed by atoms with Gasteiger partial charge in [-0.3, -0.25) is 19.4 Å². The number of ether oxygens (including phenoxy) is 2. The molecule has 72 heavy (non-hydrogen) atoms. The number of morpholine rings is 1. The number of aromatic hydroxyl groups is 1. The minimum Gasteiger partial charge on any atom is -0.507 e. The second-order valence-electron chi connectivity index (χ2n) is 20.4. The van der Waals surface area contributed by atoms with Crippen LogP contribution in [0.5, 0.6) is 11.6 Å². The number of para-hydroxylation sites is 1. The van der Waals surface area contributed by atoms with Crippen LogP contribution in [0, 0.1) is 12.8 Å². The Bertz CT molecular complexity index is 2590. The number of unbranched alkanes of at least 4 members (excludes halogenated alkanes) is 1. The van der Waals surface area contributed by atoms with Gasteiger partial charge in [0.15, 0.2) is 11.6 Å². The van der Waals surface area contributed by atoms with E-state index in [9.17, 15) is 19.8 Å². The van der Waals surface area contributed by atoms with E-state index in [1.54, 1.807) is 29.5 Å². The Hall–Kier alpha value is -5.70. The molecule has 5 N–H and O–H groups in total. The van der Waals surface area contributed by atoms with Gasteiger partial charge in [0, 0.05) is 83.5 Å². The zero-order valence-electron chi connectivity index (χ0n) is 42.1. The number of nitrogen functional groups attached to an aromatic ring is 1. The van der Waals surface area contributed by atoms with Gasteiger partial charge in [0.25, 0.3) is 5.88 Å². The SMILES string of the molecule is Cc1ncsc1-c1ccc([C@H](C)NC(=O)[C@@H]2C[C@@H](O)CN2C(=O)[C@@H](c2cc(OCCN3CCN(CCCCN4CCOC5(CCN(c6cc(-c7ccccc7O)nnc6N)CC5)C4)CC3)no2)C(C)C)cc1. The van der Waals surface area contributed by atoms with Crippen molar-refractivity contribution in [3.05, 3.63) is 83.2 Å². The van der Waals surface area contributed by atoms with Gasteiger partial charge in [-0.2, -0.15) is 0 Å². The molecule has 4 aliphatic heterocycles. The number of β-amino-alcohol motifs (C(OH)–C–C–N with tert-alkyl or cyclic N) is 1. The summed E-state index contributed by atoms with van der Waals surface area (Å²) >= 11 is 1.59. The highest BCUT2D eigenvalue weighted by molar-refractivity contribution is 7.13. The minimum absolute atomic E-state index is 0.0632. The van der Waals surface area contributed by atoms with E-state index in [1.807, 2.05) is 75.7 Å². The van der Waals surface area contributed by atoms with E-state index in [2.05, 4.69) is 45.3 Å². The summed E-state index contributed by atoms with van der Waals surface area (Å²) in [6.45, 7) is 19.4. The third-order valence-electron chi connectivity index (χ3n) is 15.0. The Morgan fingerprint density at radius 3 is 2.36 bits per heavy atom. The lowest BCUT2D eigenvalue weighted by Crippen LogP contribution is -2.57. The number of phenolic OH excluding ortho intramolecular Hbond substituents is 1. The van der Waals surface area contributed by atoms with E-state index in [-0.39, 0.29) is 48.1 Å². The van der Waals surface area contributed by atoms with Gasteiger partial charge < -0.3 is 50.0 Å². The van der Waals surface area contributed by atoms with Crippen molar-refractivity contribution >= 4 is 34.7 Å². The molecule has 5 aromatic rings. The van der Waals surface area contributed by atoms with E-state index in [0.717, 1.165) is 132 Å². The van der Waals surface area contributed by atoms with Gasteiger partial charge in [-0.25, -0.2) is 4.98 Å². The lowest BCUT2D eigenvalue weighted by molar-refractivity contribution is -0.141. The number of aliphatic hydroxyl groups excluding tert-OH is 1. The van der Waals surface area contributed by atoms with Gasteiger partial charge >= 0.3 is 0 Å². The number of carbonyl (C=O) groups is 2. The maximum absolute atomic E-state index is 14.2. The number of nitrogens with one attached hydrogen (secondary N) is 1. The summed E-state index contributed by atoms with van der Waals surface area (Å²) in [5, 5.41) is 36.8. The number of benzene rings is 2. The summed E-state index contributed by atoms with van der Waals surface area (Å²) in [5.41, 5.74) is 13.1. The summed E-state index contributed by atoms with van der Waals surface area (Å²) < 4.78 is 18.3. The number of thiazole rings is 1. The first kappa shape index (κ1) is 51.2. The quantitative estimate of drug-likeness (QED) is 0.0790. The minimum atomic E-state index is -0.818. The Balaban J connectivity index is 0.672. The van der Waals surface area contributed by atoms with Crippen LogP contribution >= 0.6 is 11.3 Å². The third-order valence-corrected chi connectivity index (χ3v) is 16.0. The van der Waals surface area contributed by atoms with Crippen LogP contribution in [-0.2, 0) is 14.3 Å². The molecule has 0 saturated carbocycles. The number of hydrogen-bond donors (Lipinski definition) is 4. The number of piperazine rings is 1. The molecular weight excluding hydrogens is 935 g/mol. The van der Waals surface area contributed by atoms with Crippen molar-refractivity contribution < 1.29 is 33.8 Å². The molecule has 2 amide bonds. The number of anilines is 2. The molecule has 0 aliphatic carbocycles. The predicted molar refractivity (Wildman–Crippen MR) is 277 cm³/mol. The molecular formula is C53H71N11O7S. The first-order valence-corrected chi connectivity index (χ1v) is 26.6. The number of hydrogen-bond acceptors (Lipinski definition) is 17. The average molecular weight is 1010 g/mol. The van der Waals surface area contributed by atoms with Crippen LogP contribution in [0.25, 0.3) is 21.7 Å². The second kappa shape index (κ2) is 23.0. The molecule has 2 aromatic carbocycles.